The fourth-order valence-electron chi connectivity index (χ4n) is 8.25. The van der Waals surface area contributed by atoms with Gasteiger partial charge in [0.15, 0.2) is 23.0 Å². The summed E-state index contributed by atoms with van der Waals surface area (Å²) >= 11 is 0. The van der Waals surface area contributed by atoms with Crippen LogP contribution in [-0.4, -0.2) is 100 Å². The molecular formula is C35H49N3O7. The van der Waals surface area contributed by atoms with Crippen LogP contribution in [-0.2, 0) is 28.0 Å². The van der Waals surface area contributed by atoms with Gasteiger partial charge in [-0.1, -0.05) is 6.92 Å². The molecule has 5 rings (SSSR count). The molecule has 2 aliphatic heterocycles. The first-order valence-corrected chi connectivity index (χ1v) is 16.1. The summed E-state index contributed by atoms with van der Waals surface area (Å²) in [4.78, 5) is 33.6. The van der Waals surface area contributed by atoms with Crippen molar-refractivity contribution in [2.24, 2.45) is 11.8 Å². The molecule has 1 N–H and O–H groups in total. The molecule has 3 aliphatic rings. The minimum absolute atomic E-state index is 0.0919. The zero-order chi connectivity index (χ0) is 32.5. The number of aliphatic carboxylic acids is 1. The maximum Gasteiger partial charge on any atom is 0.306 e. The molecule has 1 saturated carbocycles. The minimum Gasteiger partial charge on any atom is -0.493 e. The highest BCUT2D eigenvalue weighted by Crippen LogP contribution is 2.59. The highest BCUT2D eigenvalue weighted by atomic mass is 16.5. The number of hydrogen-bond acceptors (Lipinski definition) is 8. The predicted octanol–water partition coefficient (Wildman–Crippen LogP) is 4.37. The van der Waals surface area contributed by atoms with Gasteiger partial charge >= 0.3 is 5.97 Å². The Morgan fingerprint density at radius 1 is 0.911 bits per heavy atom. The fourth-order valence-corrected chi connectivity index (χ4v) is 8.25. The SMILES string of the molecule is CCN1CCc2cc(OC)c(OC)cc2C1[C@H]1C[C@@H](C(=O)O)CC[C@]12c1cc(OC)c(OC)cc1CCN2C(=O)CCN(C)C. The van der Waals surface area contributed by atoms with Crippen molar-refractivity contribution in [2.45, 2.75) is 57.0 Å². The highest BCUT2D eigenvalue weighted by molar-refractivity contribution is 5.79. The van der Waals surface area contributed by atoms with Crippen LogP contribution in [0.1, 0.15) is 60.9 Å². The fraction of sp³-hybridized carbons (Fsp3) is 0.600. The predicted molar refractivity (Wildman–Crippen MR) is 172 cm³/mol. The van der Waals surface area contributed by atoms with Crippen LogP contribution < -0.4 is 18.9 Å². The molecule has 0 radical (unpaired) electrons. The molecule has 1 unspecified atom stereocenters. The number of carboxylic acids is 1. The summed E-state index contributed by atoms with van der Waals surface area (Å²) in [6, 6.07) is 8.11. The quantitative estimate of drug-likeness (QED) is 0.414. The van der Waals surface area contributed by atoms with Gasteiger partial charge in [-0.2, -0.15) is 0 Å². The molecule has 1 aliphatic carbocycles. The molecule has 4 atom stereocenters. The standard InChI is InChI=1S/C35H49N3O7/c1-8-37-15-10-22-18-28(42-4)30(44-6)20-25(22)33(37)27-17-24(34(40)41)9-13-35(27)26-21-31(45-7)29(43-5)19-23(26)11-16-38(35)32(39)12-14-36(2)3/h18-21,24,27,33H,8-17H2,1-7H3,(H,40,41)/t24-,27+,33?,35-/m0/s1. The second-order valence-corrected chi connectivity index (χ2v) is 12.8. The zero-order valence-electron chi connectivity index (χ0n) is 27.9. The average Bonchev–Trinajstić information content (AvgIpc) is 3.05. The Hall–Kier alpha value is -3.50. The number of carbonyl (C=O) groups excluding carboxylic acids is 1. The minimum atomic E-state index is -0.782. The summed E-state index contributed by atoms with van der Waals surface area (Å²) in [6.45, 7) is 4.96. The summed E-state index contributed by atoms with van der Waals surface area (Å²) < 4.78 is 23.0. The number of carboxylic acid groups (broad SMARTS) is 1. The molecule has 1 amide bonds. The van der Waals surface area contributed by atoms with Crippen LogP contribution >= 0.6 is 0 Å². The molecule has 0 saturated heterocycles. The van der Waals surface area contributed by atoms with Crippen LogP contribution in [0.15, 0.2) is 24.3 Å². The topological polar surface area (TPSA) is 101 Å². The summed E-state index contributed by atoms with van der Waals surface area (Å²) in [6.07, 6.45) is 3.38. The molecule has 1 spiro atoms. The Kier molecular flexibility index (Phi) is 9.84. The molecule has 2 aromatic rings. The third kappa shape index (κ3) is 5.83. The number of hydrogen-bond donors (Lipinski definition) is 1. The average molecular weight is 624 g/mol. The van der Waals surface area contributed by atoms with E-state index < -0.39 is 17.4 Å². The van der Waals surface area contributed by atoms with Crippen LogP contribution in [0.4, 0.5) is 0 Å². The van der Waals surface area contributed by atoms with Crippen molar-refractivity contribution in [1.82, 2.24) is 14.7 Å². The van der Waals surface area contributed by atoms with E-state index in [2.05, 4.69) is 41.0 Å². The Morgan fingerprint density at radius 3 is 2.11 bits per heavy atom. The first-order chi connectivity index (χ1) is 21.6. The largest absolute Gasteiger partial charge is 0.493 e. The lowest BCUT2D eigenvalue weighted by molar-refractivity contribution is -0.155. The van der Waals surface area contributed by atoms with Gasteiger partial charge in [0.1, 0.15) is 0 Å². The Bertz CT molecular complexity index is 1410. The van der Waals surface area contributed by atoms with Crippen molar-refractivity contribution in [3.05, 3.63) is 46.5 Å². The molecule has 2 aromatic carbocycles. The number of benzene rings is 2. The van der Waals surface area contributed by atoms with Gasteiger partial charge in [0, 0.05) is 38.0 Å². The number of carbonyl (C=O) groups is 2. The van der Waals surface area contributed by atoms with Gasteiger partial charge < -0.3 is 33.9 Å². The van der Waals surface area contributed by atoms with Gasteiger partial charge in [-0.25, -0.2) is 0 Å². The van der Waals surface area contributed by atoms with Crippen LogP contribution in [0.2, 0.25) is 0 Å². The first-order valence-electron chi connectivity index (χ1n) is 16.1. The van der Waals surface area contributed by atoms with Crippen LogP contribution in [0.25, 0.3) is 0 Å². The Morgan fingerprint density at radius 2 is 1.51 bits per heavy atom. The number of amides is 1. The van der Waals surface area contributed by atoms with E-state index in [0.29, 0.717) is 68.2 Å². The number of ether oxygens (including phenoxy) is 4. The van der Waals surface area contributed by atoms with Crippen molar-refractivity contribution in [3.63, 3.8) is 0 Å². The summed E-state index contributed by atoms with van der Waals surface area (Å²) in [7, 11) is 10.5. The van der Waals surface area contributed by atoms with Crippen LogP contribution in [0, 0.1) is 11.8 Å². The Balaban J connectivity index is 1.79. The van der Waals surface area contributed by atoms with Crippen molar-refractivity contribution >= 4 is 11.9 Å². The second kappa shape index (κ2) is 13.5. The lowest BCUT2D eigenvalue weighted by Crippen LogP contribution is -2.62. The molecule has 10 heteroatoms. The molecular weight excluding hydrogens is 574 g/mol. The molecule has 2 heterocycles. The number of rotatable bonds is 10. The van der Waals surface area contributed by atoms with Gasteiger partial charge in [-0.15, -0.1) is 0 Å². The summed E-state index contributed by atoms with van der Waals surface area (Å²) in [5, 5.41) is 10.4. The lowest BCUT2D eigenvalue weighted by atomic mass is 9.58. The van der Waals surface area contributed by atoms with Crippen molar-refractivity contribution in [3.8, 4) is 23.0 Å². The maximum atomic E-state index is 14.4. The van der Waals surface area contributed by atoms with Crippen LogP contribution in [0.5, 0.6) is 23.0 Å². The molecule has 1 fully saturated rings. The van der Waals surface area contributed by atoms with Crippen molar-refractivity contribution in [1.29, 1.82) is 0 Å². The van der Waals surface area contributed by atoms with E-state index >= 15 is 0 Å². The lowest BCUT2D eigenvalue weighted by Gasteiger charge is -2.59. The molecule has 0 bridgehead atoms. The molecule has 246 valence electrons. The third-order valence-electron chi connectivity index (χ3n) is 10.4. The van der Waals surface area contributed by atoms with Gasteiger partial charge in [-0.05, 0) is 99.3 Å². The van der Waals surface area contributed by atoms with Gasteiger partial charge in [0.05, 0.1) is 39.9 Å². The second-order valence-electron chi connectivity index (χ2n) is 12.8. The maximum absolute atomic E-state index is 14.4. The Labute approximate surface area is 267 Å². The van der Waals surface area contributed by atoms with E-state index in [9.17, 15) is 14.7 Å². The molecule has 45 heavy (non-hydrogen) atoms. The van der Waals surface area contributed by atoms with Crippen LogP contribution in [0.3, 0.4) is 0 Å². The summed E-state index contributed by atoms with van der Waals surface area (Å²) in [5.74, 6) is 1.17. The van der Waals surface area contributed by atoms with E-state index in [1.807, 2.05) is 19.0 Å². The van der Waals surface area contributed by atoms with Crippen molar-refractivity contribution < 1.29 is 33.6 Å². The highest BCUT2D eigenvalue weighted by Gasteiger charge is 2.57. The van der Waals surface area contributed by atoms with Gasteiger partial charge in [-0.3, -0.25) is 14.5 Å². The number of likely N-dealkylation sites (N-methyl/N-ethyl adjacent to an activating group) is 1. The van der Waals surface area contributed by atoms with E-state index in [0.717, 1.165) is 36.2 Å². The monoisotopic (exact) mass is 623 g/mol. The van der Waals surface area contributed by atoms with E-state index in [1.54, 1.807) is 28.4 Å². The first kappa shape index (κ1) is 32.9. The molecule has 0 aromatic heterocycles. The molecule has 10 nitrogen and oxygen atoms in total. The van der Waals surface area contributed by atoms with E-state index in [1.165, 1.54) is 5.56 Å². The smallest absolute Gasteiger partial charge is 0.306 e. The van der Waals surface area contributed by atoms with Gasteiger partial charge in [0.2, 0.25) is 5.91 Å². The number of nitrogens with zero attached hydrogens (tertiary/aromatic N) is 3. The normalized spacial score (nSPS) is 24.6. The van der Waals surface area contributed by atoms with Crippen molar-refractivity contribution in [2.75, 3.05) is 68.7 Å². The number of fused-ring (bicyclic) bond motifs is 3. The van der Waals surface area contributed by atoms with E-state index in [-0.39, 0.29) is 17.9 Å². The third-order valence-corrected chi connectivity index (χ3v) is 10.4. The summed E-state index contributed by atoms with van der Waals surface area (Å²) in [5.41, 5.74) is 3.70. The zero-order valence-corrected chi connectivity index (χ0v) is 27.9. The van der Waals surface area contributed by atoms with E-state index in [4.69, 9.17) is 18.9 Å². The number of methoxy groups -OCH3 is 4. The van der Waals surface area contributed by atoms with Gasteiger partial charge in [0.25, 0.3) is 0 Å².